The molecular formula is C18H16N4S. The quantitative estimate of drug-likeness (QED) is 0.391. The van der Waals surface area contributed by atoms with Gasteiger partial charge in [0.05, 0.1) is 11.9 Å². The fourth-order valence-electron chi connectivity index (χ4n) is 2.35. The highest BCUT2D eigenvalue weighted by Gasteiger charge is 2.10. The van der Waals surface area contributed by atoms with E-state index in [2.05, 4.69) is 45.8 Å². The second-order valence-corrected chi connectivity index (χ2v) is 5.42. The van der Waals surface area contributed by atoms with Gasteiger partial charge in [0.15, 0.2) is 5.11 Å². The predicted molar refractivity (Wildman–Crippen MR) is 99.2 cm³/mol. The van der Waals surface area contributed by atoms with Gasteiger partial charge in [0.2, 0.25) is 0 Å². The fraction of sp³-hybridized carbons (Fsp3) is 0. The highest BCUT2D eigenvalue weighted by Crippen LogP contribution is 2.27. The standard InChI is InChI=1S/C18H16N4S/c19-18(23)22-20-12-15-11-16(13-7-3-1-4-8-13)21-17(15)14-9-5-2-6-10-14/h1-12,21H,(H3,19,22,23)/b20-12-. The summed E-state index contributed by atoms with van der Waals surface area (Å²) < 4.78 is 0. The van der Waals surface area contributed by atoms with Crippen molar-refractivity contribution < 1.29 is 0 Å². The Labute approximate surface area is 140 Å². The summed E-state index contributed by atoms with van der Waals surface area (Å²) in [5.41, 5.74) is 13.2. The molecule has 0 amide bonds. The molecule has 23 heavy (non-hydrogen) atoms. The predicted octanol–water partition coefficient (Wildman–Crippen LogP) is 3.52. The van der Waals surface area contributed by atoms with Gasteiger partial charge >= 0.3 is 0 Å². The van der Waals surface area contributed by atoms with Gasteiger partial charge in [-0.25, -0.2) is 0 Å². The molecule has 0 radical (unpaired) electrons. The van der Waals surface area contributed by atoms with Crippen molar-refractivity contribution in [2.45, 2.75) is 0 Å². The number of benzene rings is 2. The zero-order valence-electron chi connectivity index (χ0n) is 12.4. The first-order valence-corrected chi connectivity index (χ1v) is 7.57. The lowest BCUT2D eigenvalue weighted by atomic mass is 10.1. The SMILES string of the molecule is NC(=S)N/N=C\c1cc(-c2ccccc2)[nH]c1-c1ccccc1. The minimum absolute atomic E-state index is 0.140. The maximum Gasteiger partial charge on any atom is 0.184 e. The van der Waals surface area contributed by atoms with E-state index in [0.29, 0.717) is 0 Å². The summed E-state index contributed by atoms with van der Waals surface area (Å²) in [6, 6.07) is 22.3. The molecule has 0 fully saturated rings. The first-order chi connectivity index (χ1) is 11.2. The van der Waals surface area contributed by atoms with Crippen molar-refractivity contribution in [3.63, 3.8) is 0 Å². The minimum Gasteiger partial charge on any atom is -0.375 e. The van der Waals surface area contributed by atoms with Crippen molar-refractivity contribution in [3.8, 4) is 22.5 Å². The molecule has 0 unspecified atom stereocenters. The molecule has 3 aromatic rings. The third-order valence-electron chi connectivity index (χ3n) is 3.37. The average molecular weight is 320 g/mol. The zero-order chi connectivity index (χ0) is 16.1. The summed E-state index contributed by atoms with van der Waals surface area (Å²) >= 11 is 4.76. The molecular weight excluding hydrogens is 304 g/mol. The summed E-state index contributed by atoms with van der Waals surface area (Å²) in [6.45, 7) is 0. The number of aromatic nitrogens is 1. The minimum atomic E-state index is 0.140. The van der Waals surface area contributed by atoms with Crippen molar-refractivity contribution in [2.24, 2.45) is 10.8 Å². The number of nitrogens with one attached hydrogen (secondary N) is 2. The monoisotopic (exact) mass is 320 g/mol. The van der Waals surface area contributed by atoms with Crippen LogP contribution in [0, 0.1) is 0 Å². The molecule has 0 saturated carbocycles. The normalized spacial score (nSPS) is 10.8. The van der Waals surface area contributed by atoms with Gasteiger partial charge in [-0.3, -0.25) is 5.43 Å². The number of hydrazone groups is 1. The number of thiocarbonyl (C=S) groups is 1. The Bertz CT molecular complexity index is 823. The Hall–Kier alpha value is -2.92. The second-order valence-electron chi connectivity index (χ2n) is 4.98. The maximum absolute atomic E-state index is 5.40. The smallest absolute Gasteiger partial charge is 0.184 e. The summed E-state index contributed by atoms with van der Waals surface area (Å²) in [6.07, 6.45) is 1.71. The molecule has 0 atom stereocenters. The molecule has 4 N–H and O–H groups in total. The van der Waals surface area contributed by atoms with Crippen LogP contribution in [0.15, 0.2) is 71.8 Å². The van der Waals surface area contributed by atoms with Gasteiger partial charge < -0.3 is 10.7 Å². The van der Waals surface area contributed by atoms with Gasteiger partial charge in [0.25, 0.3) is 0 Å². The Morgan fingerprint density at radius 3 is 2.22 bits per heavy atom. The average Bonchev–Trinajstić information content (AvgIpc) is 3.00. The summed E-state index contributed by atoms with van der Waals surface area (Å²) in [7, 11) is 0. The molecule has 114 valence electrons. The number of aromatic amines is 1. The molecule has 0 spiro atoms. The first-order valence-electron chi connectivity index (χ1n) is 7.16. The van der Waals surface area contributed by atoms with Crippen LogP contribution < -0.4 is 11.2 Å². The van der Waals surface area contributed by atoms with Crippen molar-refractivity contribution in [1.29, 1.82) is 0 Å². The largest absolute Gasteiger partial charge is 0.375 e. The molecule has 0 aliphatic heterocycles. The lowest BCUT2D eigenvalue weighted by molar-refractivity contribution is 1.04. The van der Waals surface area contributed by atoms with Gasteiger partial charge in [-0.15, -0.1) is 0 Å². The summed E-state index contributed by atoms with van der Waals surface area (Å²) in [5, 5.41) is 4.21. The molecule has 0 aliphatic carbocycles. The van der Waals surface area contributed by atoms with E-state index in [4.69, 9.17) is 18.0 Å². The van der Waals surface area contributed by atoms with E-state index >= 15 is 0 Å². The molecule has 0 saturated heterocycles. The van der Waals surface area contributed by atoms with E-state index in [1.807, 2.05) is 36.4 Å². The number of rotatable bonds is 4. The molecule has 1 aromatic heterocycles. The van der Waals surface area contributed by atoms with E-state index in [1.165, 1.54) is 0 Å². The highest BCUT2D eigenvalue weighted by molar-refractivity contribution is 7.80. The van der Waals surface area contributed by atoms with E-state index in [1.54, 1.807) is 6.21 Å². The number of H-pyrrole nitrogens is 1. The Morgan fingerprint density at radius 2 is 1.61 bits per heavy atom. The van der Waals surface area contributed by atoms with Crippen LogP contribution in [0.1, 0.15) is 5.56 Å². The van der Waals surface area contributed by atoms with Gasteiger partial charge in [-0.2, -0.15) is 5.10 Å². The number of nitrogens with two attached hydrogens (primary N) is 1. The van der Waals surface area contributed by atoms with Crippen LogP contribution in [0.5, 0.6) is 0 Å². The number of nitrogens with zero attached hydrogens (tertiary/aromatic N) is 1. The van der Waals surface area contributed by atoms with Crippen molar-refractivity contribution in [2.75, 3.05) is 0 Å². The zero-order valence-corrected chi connectivity index (χ0v) is 13.2. The molecule has 0 aliphatic rings. The molecule has 4 nitrogen and oxygen atoms in total. The van der Waals surface area contributed by atoms with Gasteiger partial charge in [-0.05, 0) is 29.4 Å². The van der Waals surface area contributed by atoms with E-state index < -0.39 is 0 Å². The van der Waals surface area contributed by atoms with E-state index in [0.717, 1.165) is 28.1 Å². The molecule has 1 heterocycles. The van der Waals surface area contributed by atoms with Crippen LogP contribution in [0.4, 0.5) is 0 Å². The Kier molecular flexibility index (Phi) is 4.49. The van der Waals surface area contributed by atoms with Crippen LogP contribution in [0.3, 0.4) is 0 Å². The third kappa shape index (κ3) is 3.64. The lowest BCUT2D eigenvalue weighted by Crippen LogP contribution is -2.23. The van der Waals surface area contributed by atoms with Crippen LogP contribution in [0.25, 0.3) is 22.5 Å². The van der Waals surface area contributed by atoms with Crippen molar-refractivity contribution in [3.05, 3.63) is 72.3 Å². The highest BCUT2D eigenvalue weighted by atomic mass is 32.1. The topological polar surface area (TPSA) is 66.2 Å². The summed E-state index contributed by atoms with van der Waals surface area (Å²) in [4.78, 5) is 3.47. The number of hydrogen-bond acceptors (Lipinski definition) is 2. The molecule has 3 rings (SSSR count). The Morgan fingerprint density at radius 1 is 1.00 bits per heavy atom. The van der Waals surface area contributed by atoms with Crippen LogP contribution >= 0.6 is 12.2 Å². The van der Waals surface area contributed by atoms with Gasteiger partial charge in [-0.1, -0.05) is 60.7 Å². The summed E-state index contributed by atoms with van der Waals surface area (Å²) in [5.74, 6) is 0. The molecule has 0 bridgehead atoms. The fourth-order valence-corrected chi connectivity index (χ4v) is 2.41. The van der Waals surface area contributed by atoms with Crippen molar-refractivity contribution >= 4 is 23.5 Å². The van der Waals surface area contributed by atoms with Crippen LogP contribution in [-0.4, -0.2) is 16.3 Å². The lowest BCUT2D eigenvalue weighted by Gasteiger charge is -2.01. The van der Waals surface area contributed by atoms with Gasteiger partial charge in [0.1, 0.15) is 0 Å². The maximum atomic E-state index is 5.40. The van der Waals surface area contributed by atoms with Crippen molar-refractivity contribution in [1.82, 2.24) is 10.4 Å². The van der Waals surface area contributed by atoms with Crippen LogP contribution in [-0.2, 0) is 0 Å². The van der Waals surface area contributed by atoms with E-state index in [9.17, 15) is 0 Å². The Balaban J connectivity index is 2.03. The van der Waals surface area contributed by atoms with Crippen LogP contribution in [0.2, 0.25) is 0 Å². The molecule has 5 heteroatoms. The number of hydrogen-bond donors (Lipinski definition) is 3. The molecule has 2 aromatic carbocycles. The first kappa shape index (κ1) is 15.0. The van der Waals surface area contributed by atoms with E-state index in [-0.39, 0.29) is 5.11 Å². The van der Waals surface area contributed by atoms with Gasteiger partial charge in [0, 0.05) is 11.3 Å². The second kappa shape index (κ2) is 6.89. The third-order valence-corrected chi connectivity index (χ3v) is 3.47.